The van der Waals surface area contributed by atoms with Crippen molar-refractivity contribution in [2.24, 2.45) is 16.3 Å². The van der Waals surface area contributed by atoms with Gasteiger partial charge in [-0.1, -0.05) is 32.1 Å². The molecule has 0 aromatic carbocycles. The van der Waals surface area contributed by atoms with Gasteiger partial charge in [0.25, 0.3) is 0 Å². The fourth-order valence-electron chi connectivity index (χ4n) is 3.46. The SMILES string of the molecule is CCNC(=NCC1(CO)COC1)NC(C)CCC1CCCCC1.I. The minimum absolute atomic E-state index is 0. The van der Waals surface area contributed by atoms with Crippen LogP contribution in [0.3, 0.4) is 0 Å². The molecule has 3 N–H and O–H groups in total. The Morgan fingerprint density at radius 2 is 2.00 bits per heavy atom. The minimum atomic E-state index is -0.159. The predicted octanol–water partition coefficient (Wildman–Crippen LogP) is 2.92. The quantitative estimate of drug-likeness (QED) is 0.301. The summed E-state index contributed by atoms with van der Waals surface area (Å²) in [4.78, 5) is 4.67. The number of halogens is 1. The maximum Gasteiger partial charge on any atom is 0.191 e. The molecule has 0 bridgehead atoms. The molecular formula is C18H36IN3O2. The number of rotatable bonds is 8. The van der Waals surface area contributed by atoms with Gasteiger partial charge in [0, 0.05) is 12.6 Å². The summed E-state index contributed by atoms with van der Waals surface area (Å²) >= 11 is 0. The molecule has 1 aliphatic heterocycles. The summed E-state index contributed by atoms with van der Waals surface area (Å²) in [6, 6.07) is 0.428. The van der Waals surface area contributed by atoms with Gasteiger partial charge in [0.1, 0.15) is 0 Å². The van der Waals surface area contributed by atoms with E-state index in [4.69, 9.17) is 4.74 Å². The summed E-state index contributed by atoms with van der Waals surface area (Å²) in [7, 11) is 0. The summed E-state index contributed by atoms with van der Waals surface area (Å²) < 4.78 is 5.24. The molecule has 1 unspecified atom stereocenters. The zero-order chi connectivity index (χ0) is 16.5. The molecule has 24 heavy (non-hydrogen) atoms. The van der Waals surface area contributed by atoms with Gasteiger partial charge < -0.3 is 20.5 Å². The van der Waals surface area contributed by atoms with Crippen LogP contribution < -0.4 is 10.6 Å². The van der Waals surface area contributed by atoms with E-state index in [1.165, 1.54) is 44.9 Å². The monoisotopic (exact) mass is 453 g/mol. The van der Waals surface area contributed by atoms with Crippen molar-refractivity contribution in [1.82, 2.24) is 10.6 Å². The number of aliphatic hydroxyl groups is 1. The van der Waals surface area contributed by atoms with Crippen molar-refractivity contribution in [2.45, 2.75) is 64.8 Å². The van der Waals surface area contributed by atoms with Crippen molar-refractivity contribution in [1.29, 1.82) is 0 Å². The highest BCUT2D eigenvalue weighted by molar-refractivity contribution is 14.0. The summed E-state index contributed by atoms with van der Waals surface area (Å²) in [6.45, 7) is 7.17. The maximum absolute atomic E-state index is 9.50. The zero-order valence-electron chi connectivity index (χ0n) is 15.4. The number of guanidine groups is 1. The largest absolute Gasteiger partial charge is 0.396 e. The molecule has 2 aliphatic rings. The first-order chi connectivity index (χ1) is 11.2. The summed E-state index contributed by atoms with van der Waals surface area (Å²) in [5, 5.41) is 16.3. The Morgan fingerprint density at radius 1 is 1.29 bits per heavy atom. The van der Waals surface area contributed by atoms with Crippen molar-refractivity contribution in [3.8, 4) is 0 Å². The van der Waals surface area contributed by atoms with Crippen LogP contribution in [0, 0.1) is 11.3 Å². The van der Waals surface area contributed by atoms with Gasteiger partial charge in [0.05, 0.1) is 31.8 Å². The molecular weight excluding hydrogens is 417 g/mol. The topological polar surface area (TPSA) is 65.9 Å². The van der Waals surface area contributed by atoms with E-state index in [2.05, 4.69) is 29.5 Å². The average molecular weight is 453 g/mol. The van der Waals surface area contributed by atoms with E-state index in [0.29, 0.717) is 25.8 Å². The lowest BCUT2D eigenvalue weighted by atomic mass is 9.85. The fourth-order valence-corrected chi connectivity index (χ4v) is 3.46. The fraction of sp³-hybridized carbons (Fsp3) is 0.944. The number of aliphatic imine (C=N–C) groups is 1. The van der Waals surface area contributed by atoms with Crippen LogP contribution in [-0.4, -0.2) is 50.0 Å². The minimum Gasteiger partial charge on any atom is -0.396 e. The third-order valence-electron chi connectivity index (χ3n) is 5.18. The van der Waals surface area contributed by atoms with Crippen LogP contribution in [0.2, 0.25) is 0 Å². The van der Waals surface area contributed by atoms with E-state index in [-0.39, 0.29) is 36.0 Å². The van der Waals surface area contributed by atoms with Gasteiger partial charge in [-0.05, 0) is 32.6 Å². The lowest BCUT2D eigenvalue weighted by Gasteiger charge is -2.38. The maximum atomic E-state index is 9.50. The molecule has 0 aromatic rings. The van der Waals surface area contributed by atoms with Gasteiger partial charge >= 0.3 is 0 Å². The van der Waals surface area contributed by atoms with Crippen LogP contribution in [0.15, 0.2) is 4.99 Å². The van der Waals surface area contributed by atoms with Gasteiger partial charge in [-0.15, -0.1) is 24.0 Å². The van der Waals surface area contributed by atoms with E-state index in [1.54, 1.807) is 0 Å². The van der Waals surface area contributed by atoms with Crippen molar-refractivity contribution in [3.63, 3.8) is 0 Å². The molecule has 142 valence electrons. The van der Waals surface area contributed by atoms with Gasteiger partial charge in [-0.3, -0.25) is 4.99 Å². The van der Waals surface area contributed by atoms with Crippen LogP contribution in [-0.2, 0) is 4.74 Å². The van der Waals surface area contributed by atoms with Crippen molar-refractivity contribution in [3.05, 3.63) is 0 Å². The number of ether oxygens (including phenoxy) is 1. The van der Waals surface area contributed by atoms with E-state index in [9.17, 15) is 5.11 Å². The van der Waals surface area contributed by atoms with Crippen LogP contribution >= 0.6 is 24.0 Å². The lowest BCUT2D eigenvalue weighted by Crippen LogP contribution is -2.49. The van der Waals surface area contributed by atoms with E-state index in [0.717, 1.165) is 18.4 Å². The van der Waals surface area contributed by atoms with Gasteiger partial charge in [0.2, 0.25) is 0 Å². The van der Waals surface area contributed by atoms with Crippen molar-refractivity contribution in [2.75, 3.05) is 32.9 Å². The van der Waals surface area contributed by atoms with Crippen molar-refractivity contribution >= 4 is 29.9 Å². The Kier molecular flexibility index (Phi) is 10.5. The Morgan fingerprint density at radius 3 is 2.54 bits per heavy atom. The number of nitrogens with one attached hydrogen (secondary N) is 2. The molecule has 1 atom stereocenters. The summed E-state index contributed by atoms with van der Waals surface area (Å²) in [5.74, 6) is 1.79. The molecule has 6 heteroatoms. The summed E-state index contributed by atoms with van der Waals surface area (Å²) in [6.07, 6.45) is 9.62. The van der Waals surface area contributed by atoms with E-state index >= 15 is 0 Å². The normalized spacial score (nSPS) is 22.2. The number of hydrogen-bond acceptors (Lipinski definition) is 3. The van der Waals surface area contributed by atoms with Crippen LogP contribution in [0.4, 0.5) is 0 Å². The standard InChI is InChI=1S/C18H35N3O2.HI/c1-3-19-17(20-11-18(12-22)13-23-14-18)21-15(2)9-10-16-7-5-4-6-8-16;/h15-16,22H,3-14H2,1-2H3,(H2,19,20,21);1H. The molecule has 0 spiro atoms. The Labute approximate surface area is 164 Å². The molecule has 5 nitrogen and oxygen atoms in total. The molecule has 2 rings (SSSR count). The molecule has 0 amide bonds. The highest BCUT2D eigenvalue weighted by Gasteiger charge is 2.38. The number of aliphatic hydroxyl groups excluding tert-OH is 1. The van der Waals surface area contributed by atoms with Crippen LogP contribution in [0.1, 0.15) is 58.8 Å². The predicted molar refractivity (Wildman–Crippen MR) is 110 cm³/mol. The van der Waals surface area contributed by atoms with E-state index in [1.807, 2.05) is 0 Å². The molecule has 1 saturated carbocycles. The van der Waals surface area contributed by atoms with Crippen molar-refractivity contribution < 1.29 is 9.84 Å². The molecule has 0 radical (unpaired) electrons. The third kappa shape index (κ3) is 7.04. The van der Waals surface area contributed by atoms with Gasteiger partial charge in [0.15, 0.2) is 5.96 Å². The molecule has 1 aliphatic carbocycles. The number of hydrogen-bond donors (Lipinski definition) is 3. The Balaban J connectivity index is 0.00000288. The Bertz CT molecular complexity index is 364. The van der Waals surface area contributed by atoms with Crippen LogP contribution in [0.5, 0.6) is 0 Å². The second-order valence-corrected chi connectivity index (χ2v) is 7.47. The molecule has 2 fully saturated rings. The zero-order valence-corrected chi connectivity index (χ0v) is 17.7. The molecule has 1 heterocycles. The van der Waals surface area contributed by atoms with Gasteiger partial charge in [-0.25, -0.2) is 0 Å². The lowest BCUT2D eigenvalue weighted by molar-refractivity contribution is -0.130. The second kappa shape index (κ2) is 11.5. The highest BCUT2D eigenvalue weighted by atomic mass is 127. The first-order valence-electron chi connectivity index (χ1n) is 9.41. The first-order valence-corrected chi connectivity index (χ1v) is 9.41. The summed E-state index contributed by atoms with van der Waals surface area (Å²) in [5.41, 5.74) is -0.159. The van der Waals surface area contributed by atoms with E-state index < -0.39 is 0 Å². The molecule has 0 aromatic heterocycles. The second-order valence-electron chi connectivity index (χ2n) is 7.47. The first kappa shape index (κ1) is 22.0. The highest BCUT2D eigenvalue weighted by Crippen LogP contribution is 2.28. The smallest absolute Gasteiger partial charge is 0.191 e. The van der Waals surface area contributed by atoms with Crippen LogP contribution in [0.25, 0.3) is 0 Å². The number of nitrogens with zero attached hydrogens (tertiary/aromatic N) is 1. The third-order valence-corrected chi connectivity index (χ3v) is 5.18. The Hall–Kier alpha value is -0.0800. The molecule has 1 saturated heterocycles. The average Bonchev–Trinajstić information content (AvgIpc) is 2.53. The van der Waals surface area contributed by atoms with Gasteiger partial charge in [-0.2, -0.15) is 0 Å².